The molecule has 0 bridgehead atoms. The van der Waals surface area contributed by atoms with Gasteiger partial charge in [-0.1, -0.05) is 13.8 Å². The maximum atomic E-state index is 12.6. The predicted octanol–water partition coefficient (Wildman–Crippen LogP) is 3.21. The van der Waals surface area contributed by atoms with Crippen molar-refractivity contribution in [3.8, 4) is 22.8 Å². The average molecular weight is 414 g/mol. The smallest absolute Gasteiger partial charge is 0.270 e. The number of likely N-dealkylation sites (tertiary alicyclic amines) is 1. The van der Waals surface area contributed by atoms with Crippen LogP contribution >= 0.6 is 0 Å². The Morgan fingerprint density at radius 1 is 1.10 bits per heavy atom. The number of benzene rings is 1. The zero-order valence-corrected chi connectivity index (χ0v) is 18.3. The summed E-state index contributed by atoms with van der Waals surface area (Å²) < 4.78 is 12.0. The molecule has 1 aliphatic rings. The van der Waals surface area contributed by atoms with E-state index in [0.717, 1.165) is 24.4 Å². The Kier molecular flexibility index (Phi) is 7.13. The molecule has 1 aliphatic heterocycles. The van der Waals surface area contributed by atoms with Crippen LogP contribution < -0.4 is 15.0 Å². The molecule has 7 nitrogen and oxygen atoms in total. The number of hydrogen-bond acceptors (Lipinski definition) is 5. The number of piperidine rings is 1. The minimum atomic E-state index is -0.239. The van der Waals surface area contributed by atoms with Crippen LogP contribution in [0.4, 0.5) is 0 Å². The fraction of sp³-hybridized carbons (Fsp3) is 0.522. The Balaban J connectivity index is 1.70. The number of ether oxygens (including phenoxy) is 2. The van der Waals surface area contributed by atoms with Crippen LogP contribution in [-0.4, -0.2) is 47.9 Å². The summed E-state index contributed by atoms with van der Waals surface area (Å²) in [6, 6.07) is 8.88. The van der Waals surface area contributed by atoms with Crippen molar-refractivity contribution in [2.24, 2.45) is 11.8 Å². The van der Waals surface area contributed by atoms with Gasteiger partial charge in [0, 0.05) is 37.7 Å². The van der Waals surface area contributed by atoms with Gasteiger partial charge in [-0.2, -0.15) is 5.10 Å². The Hall–Kier alpha value is -2.83. The molecule has 2 atom stereocenters. The molecule has 3 rings (SSSR count). The molecule has 0 aliphatic carbocycles. The summed E-state index contributed by atoms with van der Waals surface area (Å²) in [6.07, 6.45) is 2.15. The lowest BCUT2D eigenvalue weighted by Crippen LogP contribution is -2.42. The Bertz CT molecular complexity index is 913. The normalized spacial score (nSPS) is 18.9. The van der Waals surface area contributed by atoms with Crippen molar-refractivity contribution < 1.29 is 14.3 Å². The monoisotopic (exact) mass is 413 g/mol. The fourth-order valence-corrected chi connectivity index (χ4v) is 4.14. The van der Waals surface area contributed by atoms with E-state index in [2.05, 4.69) is 18.9 Å². The van der Waals surface area contributed by atoms with E-state index < -0.39 is 0 Å². The molecule has 0 N–H and O–H groups in total. The fourth-order valence-electron chi connectivity index (χ4n) is 4.14. The lowest BCUT2D eigenvalue weighted by Gasteiger charge is -2.35. The third-order valence-electron chi connectivity index (χ3n) is 5.53. The van der Waals surface area contributed by atoms with Crippen LogP contribution in [0.2, 0.25) is 0 Å². The summed E-state index contributed by atoms with van der Waals surface area (Å²) in [7, 11) is 3.13. The highest BCUT2D eigenvalue weighted by atomic mass is 16.5. The SMILES string of the molecule is COc1ccc(-c2nn(CCCC(=O)N3CC(C)CC(C)C3)c(=O)cc2OC)cc1. The van der Waals surface area contributed by atoms with Crippen molar-refractivity contribution in [3.63, 3.8) is 0 Å². The second kappa shape index (κ2) is 9.78. The van der Waals surface area contributed by atoms with Gasteiger partial charge < -0.3 is 14.4 Å². The molecule has 2 heterocycles. The molecule has 1 fully saturated rings. The number of carbonyl (C=O) groups is 1. The third-order valence-corrected chi connectivity index (χ3v) is 5.53. The third kappa shape index (κ3) is 5.20. The number of rotatable bonds is 7. The van der Waals surface area contributed by atoms with Gasteiger partial charge in [-0.15, -0.1) is 0 Å². The highest BCUT2D eigenvalue weighted by Gasteiger charge is 2.25. The van der Waals surface area contributed by atoms with Crippen molar-refractivity contribution in [1.82, 2.24) is 14.7 Å². The summed E-state index contributed by atoms with van der Waals surface area (Å²) >= 11 is 0. The molecule has 1 aromatic carbocycles. The van der Waals surface area contributed by atoms with Gasteiger partial charge in [0.1, 0.15) is 11.4 Å². The zero-order valence-electron chi connectivity index (χ0n) is 18.3. The molecule has 1 aromatic heterocycles. The average Bonchev–Trinajstić information content (AvgIpc) is 2.73. The largest absolute Gasteiger partial charge is 0.497 e. The molecule has 2 unspecified atom stereocenters. The number of aryl methyl sites for hydroxylation is 1. The van der Waals surface area contributed by atoms with Crippen molar-refractivity contribution in [2.75, 3.05) is 27.3 Å². The number of amides is 1. The van der Waals surface area contributed by atoms with Crippen LogP contribution in [0.3, 0.4) is 0 Å². The van der Waals surface area contributed by atoms with Crippen LogP contribution in [0.5, 0.6) is 11.5 Å². The molecule has 0 radical (unpaired) electrons. The molecule has 1 saturated heterocycles. The number of hydrogen-bond donors (Lipinski definition) is 0. The standard InChI is InChI=1S/C23H31N3O4/c1-16-12-17(2)15-25(14-16)21(27)6-5-11-26-22(28)13-20(30-4)23(24-26)18-7-9-19(29-3)10-8-18/h7-10,13,16-17H,5-6,11-12,14-15H2,1-4H3. The van der Waals surface area contributed by atoms with Gasteiger partial charge in [0.2, 0.25) is 5.91 Å². The number of methoxy groups -OCH3 is 2. The van der Waals surface area contributed by atoms with Gasteiger partial charge in [-0.05, 0) is 48.9 Å². The molecule has 30 heavy (non-hydrogen) atoms. The van der Waals surface area contributed by atoms with Crippen LogP contribution in [0.15, 0.2) is 35.1 Å². The summed E-state index contributed by atoms with van der Waals surface area (Å²) in [6.45, 7) is 6.42. The van der Waals surface area contributed by atoms with E-state index >= 15 is 0 Å². The molecule has 162 valence electrons. The van der Waals surface area contributed by atoms with Crippen molar-refractivity contribution in [1.29, 1.82) is 0 Å². The van der Waals surface area contributed by atoms with Gasteiger partial charge in [0.05, 0.1) is 14.2 Å². The summed E-state index contributed by atoms with van der Waals surface area (Å²) in [5.74, 6) is 2.40. The number of carbonyl (C=O) groups excluding carboxylic acids is 1. The van der Waals surface area contributed by atoms with Gasteiger partial charge in [-0.3, -0.25) is 9.59 Å². The predicted molar refractivity (Wildman–Crippen MR) is 116 cm³/mol. The van der Waals surface area contributed by atoms with E-state index in [4.69, 9.17) is 9.47 Å². The molecule has 2 aromatic rings. The topological polar surface area (TPSA) is 73.7 Å². The van der Waals surface area contributed by atoms with Gasteiger partial charge in [0.15, 0.2) is 5.75 Å². The van der Waals surface area contributed by atoms with E-state index in [-0.39, 0.29) is 11.5 Å². The highest BCUT2D eigenvalue weighted by molar-refractivity contribution is 5.76. The van der Waals surface area contributed by atoms with Crippen LogP contribution in [0.25, 0.3) is 11.3 Å². The summed E-state index contributed by atoms with van der Waals surface area (Å²) in [5, 5.41) is 4.52. The lowest BCUT2D eigenvalue weighted by molar-refractivity contribution is -0.134. The van der Waals surface area contributed by atoms with Crippen LogP contribution in [-0.2, 0) is 11.3 Å². The number of nitrogens with zero attached hydrogens (tertiary/aromatic N) is 3. The quantitative estimate of drug-likeness (QED) is 0.697. The second-order valence-corrected chi connectivity index (χ2v) is 8.20. The number of aromatic nitrogens is 2. The van der Waals surface area contributed by atoms with Crippen LogP contribution in [0, 0.1) is 11.8 Å². The first-order chi connectivity index (χ1) is 14.4. The van der Waals surface area contributed by atoms with Gasteiger partial charge in [-0.25, -0.2) is 4.68 Å². The van der Waals surface area contributed by atoms with Crippen molar-refractivity contribution in [2.45, 2.75) is 39.7 Å². The van der Waals surface area contributed by atoms with Crippen LogP contribution in [0.1, 0.15) is 33.1 Å². The van der Waals surface area contributed by atoms with E-state index in [1.807, 2.05) is 29.2 Å². The van der Waals surface area contributed by atoms with Crippen molar-refractivity contribution in [3.05, 3.63) is 40.7 Å². The second-order valence-electron chi connectivity index (χ2n) is 8.20. The van der Waals surface area contributed by atoms with Gasteiger partial charge >= 0.3 is 0 Å². The van der Waals surface area contributed by atoms with Crippen molar-refractivity contribution >= 4 is 5.91 Å². The minimum Gasteiger partial charge on any atom is -0.497 e. The lowest BCUT2D eigenvalue weighted by atomic mass is 9.91. The Morgan fingerprint density at radius 3 is 2.37 bits per heavy atom. The maximum absolute atomic E-state index is 12.6. The molecule has 0 saturated carbocycles. The minimum absolute atomic E-state index is 0.158. The van der Waals surface area contributed by atoms with E-state index in [0.29, 0.717) is 42.7 Å². The molecule has 1 amide bonds. The summed E-state index contributed by atoms with van der Waals surface area (Å²) in [4.78, 5) is 27.0. The Labute approximate surface area is 177 Å². The molecule has 7 heteroatoms. The van der Waals surface area contributed by atoms with Gasteiger partial charge in [0.25, 0.3) is 5.56 Å². The first-order valence-corrected chi connectivity index (χ1v) is 10.5. The Morgan fingerprint density at radius 2 is 1.77 bits per heavy atom. The molecular formula is C23H31N3O4. The molecular weight excluding hydrogens is 382 g/mol. The molecule has 0 spiro atoms. The highest BCUT2D eigenvalue weighted by Crippen LogP contribution is 2.27. The van der Waals surface area contributed by atoms with E-state index in [9.17, 15) is 9.59 Å². The summed E-state index contributed by atoms with van der Waals surface area (Å²) in [5.41, 5.74) is 1.18. The maximum Gasteiger partial charge on any atom is 0.270 e. The first-order valence-electron chi connectivity index (χ1n) is 10.5. The van der Waals surface area contributed by atoms with E-state index in [1.165, 1.54) is 24.3 Å². The zero-order chi connectivity index (χ0) is 21.7. The van der Waals surface area contributed by atoms with E-state index in [1.54, 1.807) is 7.11 Å². The first kappa shape index (κ1) is 21.9.